The van der Waals surface area contributed by atoms with Crippen molar-refractivity contribution in [2.75, 3.05) is 14.2 Å². The average Bonchev–Trinajstić information content (AvgIpc) is 3.29. The Morgan fingerprint density at radius 3 is 2.09 bits per heavy atom. The van der Waals surface area contributed by atoms with Crippen LogP contribution in [0.1, 0.15) is 16.8 Å². The first kappa shape index (κ1) is 20.9. The zero-order chi connectivity index (χ0) is 22.8. The molecule has 1 aromatic heterocycles. The second-order valence-electron chi connectivity index (χ2n) is 7.93. The van der Waals surface area contributed by atoms with Crippen LogP contribution in [0.25, 0.3) is 22.0 Å². The van der Waals surface area contributed by atoms with Crippen LogP contribution in [0.4, 0.5) is 0 Å². The minimum atomic E-state index is -1.51. The van der Waals surface area contributed by atoms with Gasteiger partial charge in [0.15, 0.2) is 5.60 Å². The summed E-state index contributed by atoms with van der Waals surface area (Å²) in [6.07, 6.45) is 0. The Hall–Kier alpha value is -4.02. The van der Waals surface area contributed by atoms with Gasteiger partial charge in [-0.1, -0.05) is 78.9 Å². The van der Waals surface area contributed by atoms with Gasteiger partial charge in [0.1, 0.15) is 11.5 Å². The average molecular weight is 436 g/mol. The highest BCUT2D eigenvalue weighted by Crippen LogP contribution is 2.47. The second kappa shape index (κ2) is 8.49. The first-order chi connectivity index (χ1) is 16.2. The summed E-state index contributed by atoms with van der Waals surface area (Å²) >= 11 is 0. The molecule has 0 radical (unpaired) electrons. The summed E-state index contributed by atoms with van der Waals surface area (Å²) in [6.45, 7) is 0. The van der Waals surface area contributed by atoms with E-state index in [0.717, 1.165) is 27.6 Å². The molecule has 1 heterocycles. The van der Waals surface area contributed by atoms with Crippen molar-refractivity contribution in [3.05, 3.63) is 120 Å². The zero-order valence-corrected chi connectivity index (χ0v) is 18.6. The zero-order valence-electron chi connectivity index (χ0n) is 18.6. The lowest BCUT2D eigenvalue weighted by molar-refractivity contribution is 0.118. The first-order valence-corrected chi connectivity index (χ1v) is 10.8. The topological polar surface area (TPSA) is 54.5 Å². The van der Waals surface area contributed by atoms with Crippen molar-refractivity contribution in [3.63, 3.8) is 0 Å². The fraction of sp³-hybridized carbons (Fsp3) is 0.103. The molecule has 0 fully saturated rings. The molecule has 33 heavy (non-hydrogen) atoms. The maximum Gasteiger partial charge on any atom is 0.159 e. The van der Waals surface area contributed by atoms with E-state index in [1.807, 2.05) is 78.9 Å². The summed E-state index contributed by atoms with van der Waals surface area (Å²) in [6, 6.07) is 33.4. The first-order valence-electron chi connectivity index (χ1n) is 10.8. The van der Waals surface area contributed by atoms with E-state index in [1.165, 1.54) is 0 Å². The number of hydrogen-bond donors (Lipinski definition) is 2. The van der Waals surface area contributed by atoms with Gasteiger partial charge in [0.05, 0.1) is 19.9 Å². The molecule has 2 N–H and O–H groups in total. The predicted molar refractivity (Wildman–Crippen MR) is 132 cm³/mol. The summed E-state index contributed by atoms with van der Waals surface area (Å²) in [4.78, 5) is 3.54. The lowest BCUT2D eigenvalue weighted by Crippen LogP contribution is -2.30. The molecule has 0 aliphatic heterocycles. The standard InChI is InChI=1S/C29H25NO3/c1-32-22-17-18-24(26(19-22)33-2)29(31,21-13-7-4-8-14-21)28-27(20-11-5-3-6-12-20)23-15-9-10-16-25(23)30-28/h3-19,30-31H,1-2H3. The highest BCUT2D eigenvalue weighted by Gasteiger charge is 2.40. The molecule has 0 spiro atoms. The molecule has 4 nitrogen and oxygen atoms in total. The van der Waals surface area contributed by atoms with Crippen LogP contribution >= 0.6 is 0 Å². The van der Waals surface area contributed by atoms with E-state index in [4.69, 9.17) is 9.47 Å². The normalized spacial score (nSPS) is 12.9. The third-order valence-corrected chi connectivity index (χ3v) is 6.12. The fourth-order valence-electron chi connectivity index (χ4n) is 4.53. The lowest BCUT2D eigenvalue weighted by atomic mass is 9.80. The molecule has 0 saturated carbocycles. The molecule has 4 heteroatoms. The van der Waals surface area contributed by atoms with Crippen LogP contribution in [0.3, 0.4) is 0 Å². The highest BCUT2D eigenvalue weighted by molar-refractivity contribution is 5.98. The van der Waals surface area contributed by atoms with Gasteiger partial charge in [-0.3, -0.25) is 0 Å². The maximum absolute atomic E-state index is 12.7. The molecule has 1 atom stereocenters. The van der Waals surface area contributed by atoms with Crippen LogP contribution in [0, 0.1) is 0 Å². The van der Waals surface area contributed by atoms with Crippen molar-refractivity contribution in [2.45, 2.75) is 5.60 Å². The molecular weight excluding hydrogens is 410 g/mol. The second-order valence-corrected chi connectivity index (χ2v) is 7.93. The number of H-pyrrole nitrogens is 1. The van der Waals surface area contributed by atoms with E-state index < -0.39 is 5.60 Å². The van der Waals surface area contributed by atoms with Crippen molar-refractivity contribution in [1.82, 2.24) is 4.98 Å². The molecule has 1 unspecified atom stereocenters. The van der Waals surface area contributed by atoms with E-state index in [0.29, 0.717) is 22.8 Å². The summed E-state index contributed by atoms with van der Waals surface area (Å²) in [5.41, 5.74) is 3.46. The number of aromatic amines is 1. The van der Waals surface area contributed by atoms with Crippen LogP contribution in [-0.2, 0) is 5.60 Å². The number of ether oxygens (including phenoxy) is 2. The molecule has 0 amide bonds. The third-order valence-electron chi connectivity index (χ3n) is 6.12. The molecule has 0 aliphatic rings. The Bertz CT molecular complexity index is 1390. The van der Waals surface area contributed by atoms with Crippen LogP contribution in [-0.4, -0.2) is 24.3 Å². The lowest BCUT2D eigenvalue weighted by Gasteiger charge is -2.31. The molecule has 5 aromatic rings. The van der Waals surface area contributed by atoms with E-state index in [2.05, 4.69) is 23.2 Å². The van der Waals surface area contributed by atoms with Crippen molar-refractivity contribution in [2.24, 2.45) is 0 Å². The van der Waals surface area contributed by atoms with Gasteiger partial charge < -0.3 is 19.6 Å². The number of hydrogen-bond acceptors (Lipinski definition) is 3. The number of fused-ring (bicyclic) bond motifs is 1. The number of aromatic nitrogens is 1. The van der Waals surface area contributed by atoms with Crippen LogP contribution in [0.2, 0.25) is 0 Å². The van der Waals surface area contributed by atoms with Gasteiger partial charge >= 0.3 is 0 Å². The molecule has 0 saturated heterocycles. The monoisotopic (exact) mass is 435 g/mol. The largest absolute Gasteiger partial charge is 0.497 e. The third kappa shape index (κ3) is 3.45. The van der Waals surface area contributed by atoms with Gasteiger partial charge in [0, 0.05) is 28.1 Å². The fourth-order valence-corrected chi connectivity index (χ4v) is 4.53. The van der Waals surface area contributed by atoms with Gasteiger partial charge in [0.2, 0.25) is 0 Å². The highest BCUT2D eigenvalue weighted by atomic mass is 16.5. The van der Waals surface area contributed by atoms with Crippen LogP contribution in [0.5, 0.6) is 11.5 Å². The number of rotatable bonds is 6. The number of para-hydroxylation sites is 1. The Morgan fingerprint density at radius 1 is 0.727 bits per heavy atom. The molecule has 5 rings (SSSR count). The Kier molecular flexibility index (Phi) is 5.37. The van der Waals surface area contributed by atoms with Crippen molar-refractivity contribution >= 4 is 10.9 Å². The van der Waals surface area contributed by atoms with Crippen molar-refractivity contribution in [3.8, 4) is 22.6 Å². The van der Waals surface area contributed by atoms with Crippen molar-refractivity contribution < 1.29 is 14.6 Å². The van der Waals surface area contributed by atoms with E-state index in [-0.39, 0.29) is 0 Å². The van der Waals surface area contributed by atoms with Crippen LogP contribution < -0.4 is 9.47 Å². The van der Waals surface area contributed by atoms with Gasteiger partial charge in [0.25, 0.3) is 0 Å². The maximum atomic E-state index is 12.7. The van der Waals surface area contributed by atoms with E-state index in [9.17, 15) is 5.11 Å². The van der Waals surface area contributed by atoms with E-state index in [1.54, 1.807) is 20.3 Å². The van der Waals surface area contributed by atoms with Crippen molar-refractivity contribution in [1.29, 1.82) is 0 Å². The van der Waals surface area contributed by atoms with Gasteiger partial charge in [-0.15, -0.1) is 0 Å². The smallest absolute Gasteiger partial charge is 0.159 e. The summed E-state index contributed by atoms with van der Waals surface area (Å²) in [5.74, 6) is 1.20. The Balaban J connectivity index is 1.89. The summed E-state index contributed by atoms with van der Waals surface area (Å²) < 4.78 is 11.2. The molecule has 0 aliphatic carbocycles. The minimum Gasteiger partial charge on any atom is -0.497 e. The number of nitrogens with one attached hydrogen (secondary N) is 1. The summed E-state index contributed by atoms with van der Waals surface area (Å²) in [5, 5.41) is 13.7. The molecule has 4 aromatic carbocycles. The molecular formula is C29H25NO3. The SMILES string of the molecule is COc1ccc(C(O)(c2ccccc2)c2[nH]c3ccccc3c2-c2ccccc2)c(OC)c1. The predicted octanol–water partition coefficient (Wildman–Crippen LogP) is 6.14. The Morgan fingerprint density at radius 2 is 1.39 bits per heavy atom. The van der Waals surface area contributed by atoms with Crippen LogP contribution in [0.15, 0.2) is 103 Å². The van der Waals surface area contributed by atoms with Gasteiger partial charge in [-0.2, -0.15) is 0 Å². The quantitative estimate of drug-likeness (QED) is 0.337. The van der Waals surface area contributed by atoms with Gasteiger partial charge in [-0.05, 0) is 29.3 Å². The minimum absolute atomic E-state index is 0.540. The van der Waals surface area contributed by atoms with Gasteiger partial charge in [-0.25, -0.2) is 0 Å². The molecule has 0 bridgehead atoms. The number of benzene rings is 4. The number of methoxy groups -OCH3 is 2. The number of aliphatic hydroxyl groups is 1. The molecule has 164 valence electrons. The van der Waals surface area contributed by atoms with E-state index >= 15 is 0 Å². The summed E-state index contributed by atoms with van der Waals surface area (Å²) in [7, 11) is 3.22. The Labute approximate surface area is 193 Å².